The van der Waals surface area contributed by atoms with Crippen molar-refractivity contribution in [2.75, 3.05) is 0 Å². The molecule has 1 N–H and O–H groups in total. The number of allylic oxidation sites excluding steroid dienone is 1. The van der Waals surface area contributed by atoms with Gasteiger partial charge < -0.3 is 5.11 Å². The number of rotatable bonds is 4. The van der Waals surface area contributed by atoms with Crippen molar-refractivity contribution in [1.29, 1.82) is 0 Å². The minimum absolute atomic E-state index is 0.157. The first-order valence-electron chi connectivity index (χ1n) is 7.18. The predicted octanol–water partition coefficient (Wildman–Crippen LogP) is 4.43. The Balaban J connectivity index is 1.80. The number of hydrogen-bond donors (Lipinski definition) is 1. The van der Waals surface area contributed by atoms with Crippen LogP contribution in [0, 0.1) is 0 Å². The zero-order chi connectivity index (χ0) is 16.2. The van der Waals surface area contributed by atoms with E-state index in [1.54, 1.807) is 6.08 Å². The van der Waals surface area contributed by atoms with Crippen LogP contribution in [0.1, 0.15) is 26.3 Å². The average molecular weight is 302 g/mol. The number of benzene rings is 3. The molecule has 3 nitrogen and oxygen atoms in total. The second-order valence-corrected chi connectivity index (χ2v) is 5.19. The lowest BCUT2D eigenvalue weighted by molar-refractivity contribution is 0.0696. The molecule has 0 saturated heterocycles. The molecule has 0 aliphatic rings. The van der Waals surface area contributed by atoms with Crippen LogP contribution in [-0.2, 0) is 0 Å². The molecule has 0 saturated carbocycles. The first-order valence-corrected chi connectivity index (χ1v) is 7.18. The molecule has 112 valence electrons. The summed E-state index contributed by atoms with van der Waals surface area (Å²) in [6.07, 6.45) is 3.26. The van der Waals surface area contributed by atoms with Crippen LogP contribution in [0.5, 0.6) is 0 Å². The number of carbonyl (C=O) groups excluding carboxylic acids is 1. The molecule has 3 heteroatoms. The van der Waals surface area contributed by atoms with Gasteiger partial charge in [0.1, 0.15) is 0 Å². The predicted molar refractivity (Wildman–Crippen MR) is 90.7 cm³/mol. The lowest BCUT2D eigenvalue weighted by Gasteiger charge is -2.00. The van der Waals surface area contributed by atoms with Gasteiger partial charge in [0, 0.05) is 5.56 Å². The smallest absolute Gasteiger partial charge is 0.335 e. The molecule has 0 aromatic heterocycles. The molecule has 0 amide bonds. The average Bonchev–Trinajstić information content (AvgIpc) is 2.59. The van der Waals surface area contributed by atoms with Crippen molar-refractivity contribution in [2.45, 2.75) is 0 Å². The van der Waals surface area contributed by atoms with Crippen molar-refractivity contribution in [3.63, 3.8) is 0 Å². The van der Waals surface area contributed by atoms with Crippen molar-refractivity contribution < 1.29 is 14.7 Å². The van der Waals surface area contributed by atoms with Crippen molar-refractivity contribution in [3.05, 3.63) is 89.5 Å². The van der Waals surface area contributed by atoms with Crippen molar-refractivity contribution in [2.24, 2.45) is 0 Å². The van der Waals surface area contributed by atoms with Crippen LogP contribution in [0.4, 0.5) is 0 Å². The molecule has 0 unspecified atom stereocenters. The SMILES string of the molecule is O=C(O)c1ccc(C(=O)/C=C/c2ccc3ccccc3c2)cc1. The Kier molecular flexibility index (Phi) is 4.02. The van der Waals surface area contributed by atoms with E-state index in [9.17, 15) is 9.59 Å². The number of carboxylic acids is 1. The molecular weight excluding hydrogens is 288 g/mol. The van der Waals surface area contributed by atoms with Crippen molar-refractivity contribution in [3.8, 4) is 0 Å². The Morgan fingerprint density at radius 2 is 1.43 bits per heavy atom. The third-order valence-electron chi connectivity index (χ3n) is 3.62. The van der Waals surface area contributed by atoms with E-state index in [0.717, 1.165) is 16.3 Å². The van der Waals surface area contributed by atoms with E-state index in [4.69, 9.17) is 5.11 Å². The largest absolute Gasteiger partial charge is 0.478 e. The Morgan fingerprint density at radius 3 is 2.13 bits per heavy atom. The Morgan fingerprint density at radius 1 is 0.783 bits per heavy atom. The fourth-order valence-corrected chi connectivity index (χ4v) is 2.36. The monoisotopic (exact) mass is 302 g/mol. The van der Waals surface area contributed by atoms with Gasteiger partial charge in [-0.25, -0.2) is 4.79 Å². The number of ketones is 1. The number of carbonyl (C=O) groups is 2. The zero-order valence-electron chi connectivity index (χ0n) is 12.3. The van der Waals surface area contributed by atoms with Crippen LogP contribution in [0.25, 0.3) is 16.8 Å². The summed E-state index contributed by atoms with van der Waals surface area (Å²) in [5.41, 5.74) is 1.58. The van der Waals surface area contributed by atoms with E-state index in [0.29, 0.717) is 5.56 Å². The summed E-state index contributed by atoms with van der Waals surface area (Å²) >= 11 is 0. The first kappa shape index (κ1) is 14.7. The van der Waals surface area contributed by atoms with Gasteiger partial charge in [-0.2, -0.15) is 0 Å². The summed E-state index contributed by atoms with van der Waals surface area (Å²) in [6, 6.07) is 19.9. The summed E-state index contributed by atoms with van der Waals surface area (Å²) in [5.74, 6) is -1.16. The maximum atomic E-state index is 12.1. The van der Waals surface area contributed by atoms with Gasteiger partial charge >= 0.3 is 5.97 Å². The van der Waals surface area contributed by atoms with Crippen LogP contribution >= 0.6 is 0 Å². The Bertz CT molecular complexity index is 906. The van der Waals surface area contributed by atoms with Crippen LogP contribution in [0.2, 0.25) is 0 Å². The quantitative estimate of drug-likeness (QED) is 0.573. The topological polar surface area (TPSA) is 54.4 Å². The highest BCUT2D eigenvalue weighted by atomic mass is 16.4. The van der Waals surface area contributed by atoms with Gasteiger partial charge in [-0.15, -0.1) is 0 Å². The van der Waals surface area contributed by atoms with Crippen LogP contribution in [0.15, 0.2) is 72.8 Å². The van der Waals surface area contributed by atoms with Crippen molar-refractivity contribution >= 4 is 28.6 Å². The fraction of sp³-hybridized carbons (Fsp3) is 0. The summed E-state index contributed by atoms with van der Waals surface area (Å²) < 4.78 is 0. The molecule has 0 aliphatic carbocycles. The second-order valence-electron chi connectivity index (χ2n) is 5.19. The van der Waals surface area contributed by atoms with E-state index in [1.807, 2.05) is 42.5 Å². The lowest BCUT2D eigenvalue weighted by Crippen LogP contribution is -1.98. The molecule has 0 radical (unpaired) electrons. The lowest BCUT2D eigenvalue weighted by atomic mass is 10.0. The van der Waals surface area contributed by atoms with E-state index in [1.165, 1.54) is 30.3 Å². The normalized spacial score (nSPS) is 11.0. The van der Waals surface area contributed by atoms with Gasteiger partial charge in [0.15, 0.2) is 5.78 Å². The maximum absolute atomic E-state index is 12.1. The molecule has 0 fully saturated rings. The number of carboxylic acid groups (broad SMARTS) is 1. The van der Waals surface area contributed by atoms with Gasteiger partial charge in [-0.05, 0) is 40.6 Å². The molecule has 0 aliphatic heterocycles. The zero-order valence-corrected chi connectivity index (χ0v) is 12.3. The maximum Gasteiger partial charge on any atom is 0.335 e. The molecule has 3 aromatic rings. The van der Waals surface area contributed by atoms with Gasteiger partial charge in [-0.1, -0.05) is 54.6 Å². The minimum atomic E-state index is -1.00. The van der Waals surface area contributed by atoms with E-state index in [2.05, 4.69) is 0 Å². The van der Waals surface area contributed by atoms with Crippen LogP contribution in [-0.4, -0.2) is 16.9 Å². The second kappa shape index (κ2) is 6.28. The van der Waals surface area contributed by atoms with Crippen molar-refractivity contribution in [1.82, 2.24) is 0 Å². The summed E-state index contributed by atoms with van der Waals surface area (Å²) in [4.78, 5) is 22.9. The molecule has 0 atom stereocenters. The number of fused-ring (bicyclic) bond motifs is 1. The number of aromatic carboxylic acids is 1. The van der Waals surface area contributed by atoms with Gasteiger partial charge in [0.25, 0.3) is 0 Å². The van der Waals surface area contributed by atoms with Gasteiger partial charge in [-0.3, -0.25) is 4.79 Å². The van der Waals surface area contributed by atoms with Gasteiger partial charge in [0.2, 0.25) is 0 Å². The molecule has 0 bridgehead atoms. The van der Waals surface area contributed by atoms with Crippen LogP contribution < -0.4 is 0 Å². The minimum Gasteiger partial charge on any atom is -0.478 e. The molecule has 3 rings (SSSR count). The first-order chi connectivity index (χ1) is 11.1. The van der Waals surface area contributed by atoms with E-state index in [-0.39, 0.29) is 11.3 Å². The molecule has 0 spiro atoms. The molecular formula is C20H14O3. The van der Waals surface area contributed by atoms with Crippen LogP contribution in [0.3, 0.4) is 0 Å². The Hall–Kier alpha value is -3.20. The molecule has 0 heterocycles. The summed E-state index contributed by atoms with van der Waals surface area (Å²) in [5, 5.41) is 11.1. The third kappa shape index (κ3) is 3.35. The van der Waals surface area contributed by atoms with E-state index < -0.39 is 5.97 Å². The van der Waals surface area contributed by atoms with E-state index >= 15 is 0 Å². The third-order valence-corrected chi connectivity index (χ3v) is 3.62. The highest BCUT2D eigenvalue weighted by molar-refractivity contribution is 6.07. The molecule has 23 heavy (non-hydrogen) atoms. The summed E-state index contributed by atoms with van der Waals surface area (Å²) in [6.45, 7) is 0. The highest BCUT2D eigenvalue weighted by Crippen LogP contribution is 2.17. The highest BCUT2D eigenvalue weighted by Gasteiger charge is 2.05. The number of hydrogen-bond acceptors (Lipinski definition) is 2. The van der Waals surface area contributed by atoms with Gasteiger partial charge in [0.05, 0.1) is 5.56 Å². The Labute approximate surface area is 133 Å². The fourth-order valence-electron chi connectivity index (χ4n) is 2.36. The molecule has 3 aromatic carbocycles. The standard InChI is InChI=1S/C20H14O3/c21-19(16-8-10-17(11-9-16)20(22)23)12-6-14-5-7-15-3-1-2-4-18(15)13-14/h1-13H,(H,22,23)/b12-6+. The summed E-state index contributed by atoms with van der Waals surface area (Å²) in [7, 11) is 0.